The molecule has 142 valence electrons. The molecule has 6 nitrogen and oxygen atoms in total. The molecular formula is C19H22N4O2S2. The van der Waals surface area contributed by atoms with Gasteiger partial charge in [-0.1, -0.05) is 11.3 Å². The van der Waals surface area contributed by atoms with Crippen LogP contribution in [0.25, 0.3) is 9.53 Å². The molecule has 2 aromatic heterocycles. The third kappa shape index (κ3) is 3.59. The third-order valence-corrected chi connectivity index (χ3v) is 6.99. The highest BCUT2D eigenvalue weighted by molar-refractivity contribution is 7.29. The third-order valence-electron chi connectivity index (χ3n) is 4.68. The number of hydrogen-bond donors (Lipinski definition) is 0. The molecule has 0 spiro atoms. The highest BCUT2D eigenvalue weighted by Crippen LogP contribution is 2.34. The molecule has 8 heteroatoms. The van der Waals surface area contributed by atoms with Crippen molar-refractivity contribution in [2.75, 3.05) is 57.2 Å². The van der Waals surface area contributed by atoms with Gasteiger partial charge in [-0.05, 0) is 30.3 Å². The van der Waals surface area contributed by atoms with E-state index < -0.39 is 0 Å². The van der Waals surface area contributed by atoms with Gasteiger partial charge in [0.1, 0.15) is 10.6 Å². The molecule has 0 radical (unpaired) electrons. The van der Waals surface area contributed by atoms with E-state index in [2.05, 4.69) is 22.0 Å². The van der Waals surface area contributed by atoms with Gasteiger partial charge in [0, 0.05) is 46.0 Å². The summed E-state index contributed by atoms with van der Waals surface area (Å²) >= 11 is 3.12. The fourth-order valence-corrected chi connectivity index (χ4v) is 5.24. The lowest BCUT2D eigenvalue weighted by molar-refractivity contribution is 0.0752. The predicted octanol–water partition coefficient (Wildman–Crippen LogP) is 3.39. The van der Waals surface area contributed by atoms with Crippen LogP contribution in [0.5, 0.6) is 5.75 Å². The second-order valence-electron chi connectivity index (χ2n) is 6.65. The van der Waals surface area contributed by atoms with E-state index in [-0.39, 0.29) is 5.91 Å². The quantitative estimate of drug-likeness (QED) is 0.669. The van der Waals surface area contributed by atoms with Crippen LogP contribution in [0.3, 0.4) is 0 Å². The molecule has 1 fully saturated rings. The first-order valence-electron chi connectivity index (χ1n) is 8.81. The van der Waals surface area contributed by atoms with Crippen molar-refractivity contribution in [1.82, 2.24) is 9.88 Å². The molecule has 1 aromatic carbocycles. The number of thiazole rings is 1. The zero-order valence-electron chi connectivity index (χ0n) is 15.6. The van der Waals surface area contributed by atoms with E-state index >= 15 is 0 Å². The maximum absolute atomic E-state index is 12.9. The summed E-state index contributed by atoms with van der Waals surface area (Å²) in [6, 6.07) is 10.1. The summed E-state index contributed by atoms with van der Waals surface area (Å²) in [5.74, 6) is 0.974. The number of benzene rings is 1. The van der Waals surface area contributed by atoms with Crippen LogP contribution >= 0.6 is 22.7 Å². The summed E-state index contributed by atoms with van der Waals surface area (Å²) in [4.78, 5) is 25.5. The van der Waals surface area contributed by atoms with Crippen molar-refractivity contribution < 1.29 is 9.53 Å². The van der Waals surface area contributed by atoms with Gasteiger partial charge in [0.2, 0.25) is 0 Å². The van der Waals surface area contributed by atoms with Gasteiger partial charge in [-0.2, -0.15) is 0 Å². The summed E-state index contributed by atoms with van der Waals surface area (Å²) < 4.78 is 6.30. The van der Waals surface area contributed by atoms with E-state index in [0.717, 1.165) is 51.5 Å². The molecule has 27 heavy (non-hydrogen) atoms. The van der Waals surface area contributed by atoms with E-state index in [9.17, 15) is 4.79 Å². The maximum atomic E-state index is 12.9. The monoisotopic (exact) mass is 402 g/mol. The molecule has 0 unspecified atom stereocenters. The Bertz CT molecular complexity index is 909. The van der Waals surface area contributed by atoms with E-state index in [1.165, 1.54) is 17.0 Å². The summed E-state index contributed by atoms with van der Waals surface area (Å²) in [5.41, 5.74) is 1.17. The Kier molecular flexibility index (Phi) is 4.92. The Morgan fingerprint density at radius 3 is 2.41 bits per heavy atom. The highest BCUT2D eigenvalue weighted by Gasteiger charge is 2.24. The van der Waals surface area contributed by atoms with Gasteiger partial charge in [0.05, 0.1) is 16.7 Å². The number of hydrogen-bond acceptors (Lipinski definition) is 7. The number of carbonyl (C=O) groups excluding carboxylic acids is 1. The first-order valence-corrected chi connectivity index (χ1v) is 10.4. The zero-order valence-corrected chi connectivity index (χ0v) is 17.3. The van der Waals surface area contributed by atoms with Gasteiger partial charge in [-0.15, -0.1) is 11.3 Å². The standard InChI is InChI=1S/C19H22N4O2S2/c1-21(2)19-20-17-15(27-19)12-16(26-17)18(24)23-10-8-22(9-11-23)13-4-6-14(25-3)7-5-13/h4-7,12H,8-11H2,1-3H3. The Balaban J connectivity index is 1.41. The lowest BCUT2D eigenvalue weighted by Gasteiger charge is -2.36. The number of carbonyl (C=O) groups is 1. The van der Waals surface area contributed by atoms with Crippen LogP contribution in [0.2, 0.25) is 0 Å². The Morgan fingerprint density at radius 2 is 1.81 bits per heavy atom. The van der Waals surface area contributed by atoms with Crippen LogP contribution in [0.4, 0.5) is 10.8 Å². The van der Waals surface area contributed by atoms with Crippen LogP contribution in [0.1, 0.15) is 9.67 Å². The van der Waals surface area contributed by atoms with E-state index in [0.29, 0.717) is 0 Å². The fraction of sp³-hybridized carbons (Fsp3) is 0.368. The van der Waals surface area contributed by atoms with Gasteiger partial charge in [-0.25, -0.2) is 4.98 Å². The minimum Gasteiger partial charge on any atom is -0.497 e. The van der Waals surface area contributed by atoms with Gasteiger partial charge >= 0.3 is 0 Å². The van der Waals surface area contributed by atoms with Crippen molar-refractivity contribution in [3.63, 3.8) is 0 Å². The first kappa shape index (κ1) is 18.1. The molecule has 0 bridgehead atoms. The SMILES string of the molecule is COc1ccc(N2CCN(C(=O)c3cc4sc(N(C)C)nc4s3)CC2)cc1. The minimum atomic E-state index is 0.117. The lowest BCUT2D eigenvalue weighted by Crippen LogP contribution is -2.48. The van der Waals surface area contributed by atoms with Crippen molar-refractivity contribution in [3.05, 3.63) is 35.2 Å². The Morgan fingerprint density at radius 1 is 1.11 bits per heavy atom. The van der Waals surface area contributed by atoms with Gasteiger partial charge < -0.3 is 19.4 Å². The summed E-state index contributed by atoms with van der Waals surface area (Å²) in [5, 5.41) is 0.975. The predicted molar refractivity (Wildman–Crippen MR) is 113 cm³/mol. The van der Waals surface area contributed by atoms with Crippen LogP contribution in [0.15, 0.2) is 30.3 Å². The van der Waals surface area contributed by atoms with Crippen LogP contribution in [-0.2, 0) is 0 Å². The number of aromatic nitrogens is 1. The average molecular weight is 403 g/mol. The molecule has 0 saturated carbocycles. The fourth-order valence-electron chi connectivity index (χ4n) is 3.14. The molecule has 1 amide bonds. The molecule has 0 N–H and O–H groups in total. The number of amides is 1. The van der Waals surface area contributed by atoms with Crippen molar-refractivity contribution in [1.29, 1.82) is 0 Å². The van der Waals surface area contributed by atoms with Crippen molar-refractivity contribution >= 4 is 48.9 Å². The van der Waals surface area contributed by atoms with Crippen molar-refractivity contribution in [2.45, 2.75) is 0 Å². The number of piperazine rings is 1. The second kappa shape index (κ2) is 7.36. The number of nitrogens with zero attached hydrogens (tertiary/aromatic N) is 4. The molecule has 1 aliphatic heterocycles. The van der Waals surface area contributed by atoms with E-state index in [1.54, 1.807) is 18.4 Å². The van der Waals surface area contributed by atoms with Crippen molar-refractivity contribution in [3.8, 4) is 5.75 Å². The summed E-state index contributed by atoms with van der Waals surface area (Å²) in [6.45, 7) is 3.13. The number of thiophene rings is 1. The maximum Gasteiger partial charge on any atom is 0.264 e. The smallest absolute Gasteiger partial charge is 0.264 e. The molecule has 1 aliphatic rings. The molecule has 4 rings (SSSR count). The molecule has 0 atom stereocenters. The topological polar surface area (TPSA) is 48.9 Å². The van der Waals surface area contributed by atoms with Gasteiger partial charge in [0.25, 0.3) is 5.91 Å². The van der Waals surface area contributed by atoms with Crippen molar-refractivity contribution in [2.24, 2.45) is 0 Å². The number of methoxy groups -OCH3 is 1. The van der Waals surface area contributed by atoms with Crippen LogP contribution in [-0.4, -0.2) is 63.2 Å². The number of fused-ring (bicyclic) bond motifs is 1. The summed E-state index contributed by atoms with van der Waals surface area (Å²) in [6.07, 6.45) is 0. The lowest BCUT2D eigenvalue weighted by atomic mass is 10.2. The number of rotatable bonds is 4. The molecule has 1 saturated heterocycles. The largest absolute Gasteiger partial charge is 0.497 e. The number of anilines is 2. The normalized spacial score (nSPS) is 14.6. The Labute approximate surface area is 166 Å². The minimum absolute atomic E-state index is 0.117. The van der Waals surface area contributed by atoms with Gasteiger partial charge in [-0.3, -0.25) is 4.79 Å². The Hall–Kier alpha value is -2.32. The molecule has 3 heterocycles. The zero-order chi connectivity index (χ0) is 19.0. The average Bonchev–Trinajstić information content (AvgIpc) is 3.27. The molecular weight excluding hydrogens is 380 g/mol. The first-order chi connectivity index (χ1) is 13.0. The van der Waals surface area contributed by atoms with Gasteiger partial charge in [0.15, 0.2) is 5.13 Å². The summed E-state index contributed by atoms with van der Waals surface area (Å²) in [7, 11) is 5.64. The second-order valence-corrected chi connectivity index (χ2v) is 8.69. The van der Waals surface area contributed by atoms with E-state index in [1.807, 2.05) is 42.1 Å². The molecule has 0 aliphatic carbocycles. The molecule has 3 aromatic rings. The highest BCUT2D eigenvalue weighted by atomic mass is 32.1. The van der Waals surface area contributed by atoms with Crippen LogP contribution in [0, 0.1) is 0 Å². The van der Waals surface area contributed by atoms with Crippen LogP contribution < -0.4 is 14.5 Å². The number of ether oxygens (including phenoxy) is 1. The van der Waals surface area contributed by atoms with E-state index in [4.69, 9.17) is 4.74 Å².